The van der Waals surface area contributed by atoms with Gasteiger partial charge in [-0.25, -0.2) is 0 Å². The summed E-state index contributed by atoms with van der Waals surface area (Å²) in [6.45, 7) is 3.65. The lowest BCUT2D eigenvalue weighted by molar-refractivity contribution is 0.0977. The summed E-state index contributed by atoms with van der Waals surface area (Å²) in [5.74, 6) is 1.07. The van der Waals surface area contributed by atoms with E-state index in [1.54, 1.807) is 25.3 Å². The Morgan fingerprint density at radius 2 is 1.89 bits per heavy atom. The first-order valence-electron chi connectivity index (χ1n) is 8.30. The zero-order valence-corrected chi connectivity index (χ0v) is 17.5. The molecular weight excluding hydrogens is 432 g/mol. The van der Waals surface area contributed by atoms with Crippen molar-refractivity contribution in [1.29, 1.82) is 0 Å². The van der Waals surface area contributed by atoms with Crippen LogP contribution in [0.3, 0.4) is 0 Å². The van der Waals surface area contributed by atoms with Gasteiger partial charge in [0.2, 0.25) is 0 Å². The second-order valence-electron chi connectivity index (χ2n) is 5.33. The van der Waals surface area contributed by atoms with E-state index in [9.17, 15) is 4.79 Å². The molecule has 0 fully saturated rings. The number of hydrogen-bond donors (Lipinski definition) is 2. The summed E-state index contributed by atoms with van der Waals surface area (Å²) in [5, 5.41) is 5.82. The number of carbonyl (C=O) groups excluding carboxylic acids is 1. The van der Waals surface area contributed by atoms with Gasteiger partial charge >= 0.3 is 0 Å². The molecule has 0 heterocycles. The van der Waals surface area contributed by atoms with Crippen molar-refractivity contribution in [3.8, 4) is 11.5 Å². The summed E-state index contributed by atoms with van der Waals surface area (Å²) in [6.07, 6.45) is 0. The number of methoxy groups -OCH3 is 1. The molecule has 0 atom stereocenters. The Morgan fingerprint density at radius 3 is 2.52 bits per heavy atom. The molecule has 0 aliphatic rings. The number of halogens is 1. The number of ether oxygens (including phenoxy) is 3. The van der Waals surface area contributed by atoms with Crippen molar-refractivity contribution in [2.45, 2.75) is 6.92 Å². The molecule has 2 aromatic rings. The number of hydrogen-bond acceptors (Lipinski definition) is 5. The van der Waals surface area contributed by atoms with Gasteiger partial charge in [0.05, 0.1) is 18.2 Å². The van der Waals surface area contributed by atoms with Gasteiger partial charge in [-0.1, -0.05) is 0 Å². The first-order valence-corrected chi connectivity index (χ1v) is 9.50. The second-order valence-corrected chi connectivity index (χ2v) is 6.59. The topological polar surface area (TPSA) is 68.8 Å². The largest absolute Gasteiger partial charge is 0.496 e. The van der Waals surface area contributed by atoms with Gasteiger partial charge in [0.25, 0.3) is 5.91 Å². The Balaban J connectivity index is 1.86. The van der Waals surface area contributed by atoms with Crippen LogP contribution in [0.4, 0.5) is 5.69 Å². The molecule has 0 radical (unpaired) electrons. The summed E-state index contributed by atoms with van der Waals surface area (Å²) in [4.78, 5) is 12.3. The Bertz CT molecular complexity index is 784. The highest BCUT2D eigenvalue weighted by atomic mass is 79.9. The zero-order chi connectivity index (χ0) is 19.6. The molecule has 6 nitrogen and oxygen atoms in total. The maximum absolute atomic E-state index is 12.3. The van der Waals surface area contributed by atoms with Gasteiger partial charge in [-0.05, 0) is 77.5 Å². The summed E-state index contributed by atoms with van der Waals surface area (Å²) < 4.78 is 16.6. The Labute approximate surface area is 172 Å². The molecule has 0 unspecified atom stereocenters. The number of benzene rings is 2. The molecule has 0 spiro atoms. The van der Waals surface area contributed by atoms with Crippen LogP contribution >= 0.6 is 28.1 Å². The number of thiocarbonyl (C=S) groups is 1. The lowest BCUT2D eigenvalue weighted by Crippen LogP contribution is -2.34. The van der Waals surface area contributed by atoms with E-state index < -0.39 is 0 Å². The van der Waals surface area contributed by atoms with Gasteiger partial charge in [0, 0.05) is 17.9 Å². The molecule has 0 saturated heterocycles. The van der Waals surface area contributed by atoms with Gasteiger partial charge in [-0.15, -0.1) is 0 Å². The minimum atomic E-state index is -0.313. The van der Waals surface area contributed by atoms with Crippen LogP contribution < -0.4 is 20.1 Å². The van der Waals surface area contributed by atoms with Gasteiger partial charge in [0.1, 0.15) is 18.1 Å². The fourth-order valence-corrected chi connectivity index (χ4v) is 2.89. The number of rotatable bonds is 8. The quantitative estimate of drug-likeness (QED) is 0.465. The summed E-state index contributed by atoms with van der Waals surface area (Å²) in [5.41, 5.74) is 1.21. The highest BCUT2D eigenvalue weighted by Crippen LogP contribution is 2.25. The van der Waals surface area contributed by atoms with Crippen molar-refractivity contribution >= 4 is 44.9 Å². The average Bonchev–Trinajstić information content (AvgIpc) is 2.66. The second kappa shape index (κ2) is 10.9. The summed E-state index contributed by atoms with van der Waals surface area (Å²) in [7, 11) is 1.56. The van der Waals surface area contributed by atoms with Crippen LogP contribution in [0.1, 0.15) is 17.3 Å². The highest BCUT2D eigenvalue weighted by Gasteiger charge is 2.10. The van der Waals surface area contributed by atoms with E-state index in [0.717, 1.165) is 11.4 Å². The van der Waals surface area contributed by atoms with Crippen molar-refractivity contribution in [3.05, 3.63) is 52.5 Å². The molecule has 0 aliphatic carbocycles. The molecule has 144 valence electrons. The third kappa shape index (κ3) is 6.82. The van der Waals surface area contributed by atoms with Gasteiger partial charge in [-0.3, -0.25) is 10.1 Å². The van der Waals surface area contributed by atoms with E-state index in [0.29, 0.717) is 35.6 Å². The lowest BCUT2D eigenvalue weighted by atomic mass is 10.2. The Kier molecular flexibility index (Phi) is 8.50. The number of nitrogens with one attached hydrogen (secondary N) is 2. The summed E-state index contributed by atoms with van der Waals surface area (Å²) >= 11 is 8.55. The standard InChI is InChI=1S/C19H21BrN2O4S/c1-3-25-10-11-26-15-7-5-14(6-8-15)21-19(27)22-18(23)13-4-9-17(24-2)16(20)12-13/h4-9,12H,3,10-11H2,1-2H3,(H2,21,22,23,27). The van der Waals surface area contributed by atoms with Crippen LogP contribution in [0.5, 0.6) is 11.5 Å². The highest BCUT2D eigenvalue weighted by molar-refractivity contribution is 9.10. The minimum absolute atomic E-state index is 0.206. The van der Waals surface area contributed by atoms with Crippen molar-refractivity contribution in [2.75, 3.05) is 32.2 Å². The number of amides is 1. The molecule has 0 saturated carbocycles. The molecule has 0 aromatic heterocycles. The van der Waals surface area contributed by atoms with Crippen LogP contribution in [-0.4, -0.2) is 38.0 Å². The molecule has 2 N–H and O–H groups in total. The fraction of sp³-hybridized carbons (Fsp3) is 0.263. The van der Waals surface area contributed by atoms with E-state index in [2.05, 4.69) is 26.6 Å². The molecular formula is C19H21BrN2O4S. The van der Waals surface area contributed by atoms with Crippen molar-refractivity contribution in [3.63, 3.8) is 0 Å². The molecule has 0 aliphatic heterocycles. The third-order valence-corrected chi connectivity index (χ3v) is 4.28. The van der Waals surface area contributed by atoms with Crippen LogP contribution in [0, 0.1) is 0 Å². The first kappa shape index (κ1) is 21.1. The maximum Gasteiger partial charge on any atom is 0.257 e. The van der Waals surface area contributed by atoms with E-state index in [4.69, 9.17) is 26.4 Å². The molecule has 27 heavy (non-hydrogen) atoms. The molecule has 0 bridgehead atoms. The number of anilines is 1. The monoisotopic (exact) mass is 452 g/mol. The van der Waals surface area contributed by atoms with Gasteiger partial charge in [-0.2, -0.15) is 0 Å². The van der Waals surface area contributed by atoms with E-state index in [1.165, 1.54) is 0 Å². The normalized spacial score (nSPS) is 10.2. The van der Waals surface area contributed by atoms with Gasteiger partial charge in [0.15, 0.2) is 5.11 Å². The molecule has 1 amide bonds. The predicted molar refractivity (Wildman–Crippen MR) is 113 cm³/mol. The molecule has 2 aromatic carbocycles. The minimum Gasteiger partial charge on any atom is -0.496 e. The van der Waals surface area contributed by atoms with E-state index in [-0.39, 0.29) is 11.0 Å². The third-order valence-electron chi connectivity index (χ3n) is 3.45. The number of carbonyl (C=O) groups is 1. The van der Waals surface area contributed by atoms with Crippen LogP contribution in [0.15, 0.2) is 46.9 Å². The van der Waals surface area contributed by atoms with Crippen LogP contribution in [0.2, 0.25) is 0 Å². The first-order chi connectivity index (χ1) is 13.0. The van der Waals surface area contributed by atoms with Crippen molar-refractivity contribution in [2.24, 2.45) is 0 Å². The summed E-state index contributed by atoms with van der Waals surface area (Å²) in [6, 6.07) is 12.3. The predicted octanol–water partition coefficient (Wildman–Crippen LogP) is 4.00. The van der Waals surface area contributed by atoms with Crippen molar-refractivity contribution < 1.29 is 19.0 Å². The Hall–Kier alpha value is -2.16. The van der Waals surface area contributed by atoms with Gasteiger partial charge < -0.3 is 19.5 Å². The SMILES string of the molecule is CCOCCOc1ccc(NC(=S)NC(=O)c2ccc(OC)c(Br)c2)cc1. The Morgan fingerprint density at radius 1 is 1.15 bits per heavy atom. The smallest absolute Gasteiger partial charge is 0.257 e. The molecule has 8 heteroatoms. The zero-order valence-electron chi connectivity index (χ0n) is 15.1. The average molecular weight is 453 g/mol. The maximum atomic E-state index is 12.3. The van der Waals surface area contributed by atoms with Crippen LogP contribution in [0.25, 0.3) is 0 Å². The van der Waals surface area contributed by atoms with Crippen LogP contribution in [-0.2, 0) is 4.74 Å². The van der Waals surface area contributed by atoms with E-state index >= 15 is 0 Å². The fourth-order valence-electron chi connectivity index (χ4n) is 2.14. The lowest BCUT2D eigenvalue weighted by Gasteiger charge is -2.11. The molecule has 2 rings (SSSR count). The van der Waals surface area contributed by atoms with Crippen molar-refractivity contribution in [1.82, 2.24) is 5.32 Å². The van der Waals surface area contributed by atoms with E-state index in [1.807, 2.05) is 31.2 Å².